The number of hydrogen-bond acceptors (Lipinski definition) is 7. The minimum atomic E-state index is -1.77. The van der Waals surface area contributed by atoms with Crippen LogP contribution in [0.3, 0.4) is 0 Å². The van der Waals surface area contributed by atoms with Crippen molar-refractivity contribution in [3.8, 4) is 0 Å². The molecule has 0 spiro atoms. The second kappa shape index (κ2) is 7.16. The van der Waals surface area contributed by atoms with Crippen LogP contribution in [0.2, 0.25) is 0 Å². The Hall–Kier alpha value is -3.52. The first kappa shape index (κ1) is 17.3. The Kier molecular flexibility index (Phi) is 4.76. The lowest BCUT2D eigenvalue weighted by molar-refractivity contribution is -0.174. The summed E-state index contributed by atoms with van der Waals surface area (Å²) in [5.41, 5.74) is 0.273. The number of nitrogens with zero attached hydrogens (tertiary/aromatic N) is 1. The van der Waals surface area contributed by atoms with Gasteiger partial charge in [-0.2, -0.15) is 0 Å². The molecule has 0 aromatic heterocycles. The number of amides is 2. The third kappa shape index (κ3) is 3.31. The molecule has 2 aromatic rings. The monoisotopic (exact) mass is 355 g/mol. The first-order valence-corrected chi connectivity index (χ1v) is 7.58. The van der Waals surface area contributed by atoms with E-state index in [0.29, 0.717) is 0 Å². The van der Waals surface area contributed by atoms with Gasteiger partial charge in [-0.05, 0) is 24.3 Å². The lowest BCUT2D eigenvalue weighted by Gasteiger charge is -2.16. The zero-order valence-corrected chi connectivity index (χ0v) is 13.3. The third-order valence-electron chi connectivity index (χ3n) is 3.67. The van der Waals surface area contributed by atoms with Crippen molar-refractivity contribution < 1.29 is 33.9 Å². The third-order valence-corrected chi connectivity index (χ3v) is 3.67. The van der Waals surface area contributed by atoms with Crippen LogP contribution in [0.15, 0.2) is 60.7 Å². The molecular weight excluding hydrogens is 342 g/mol. The molecule has 0 unspecified atom stereocenters. The number of benzene rings is 2. The van der Waals surface area contributed by atoms with Gasteiger partial charge in [-0.25, -0.2) is 9.59 Å². The van der Waals surface area contributed by atoms with Crippen molar-refractivity contribution in [2.24, 2.45) is 0 Å². The van der Waals surface area contributed by atoms with Gasteiger partial charge in [-0.1, -0.05) is 36.4 Å². The molecular formula is C18H13NO7. The molecule has 26 heavy (non-hydrogen) atoms. The van der Waals surface area contributed by atoms with Gasteiger partial charge in [0, 0.05) is 0 Å². The average molecular weight is 355 g/mol. The Labute approximate surface area is 147 Å². The molecule has 1 heterocycles. The number of rotatable bonds is 4. The highest BCUT2D eigenvalue weighted by atomic mass is 16.6. The van der Waals surface area contributed by atoms with Gasteiger partial charge >= 0.3 is 11.9 Å². The fourth-order valence-electron chi connectivity index (χ4n) is 2.35. The average Bonchev–Trinajstić information content (AvgIpc) is 2.87. The van der Waals surface area contributed by atoms with Gasteiger partial charge in [0.1, 0.15) is 0 Å². The number of ether oxygens (including phenoxy) is 2. The normalized spacial score (nSPS) is 19.3. The summed E-state index contributed by atoms with van der Waals surface area (Å²) in [6.07, 6.45) is -3.54. The van der Waals surface area contributed by atoms with Gasteiger partial charge in [-0.15, -0.1) is 5.06 Å². The lowest BCUT2D eigenvalue weighted by atomic mass is 10.2. The maximum absolute atomic E-state index is 12.1. The predicted molar refractivity (Wildman–Crippen MR) is 84.9 cm³/mol. The maximum atomic E-state index is 12.1. The minimum absolute atomic E-state index is 0.136. The lowest BCUT2D eigenvalue weighted by Crippen LogP contribution is -2.37. The molecule has 2 atom stereocenters. The first-order valence-electron chi connectivity index (χ1n) is 7.58. The van der Waals surface area contributed by atoms with E-state index in [2.05, 4.69) is 0 Å². The second-order valence-corrected chi connectivity index (χ2v) is 5.37. The van der Waals surface area contributed by atoms with Crippen molar-refractivity contribution in [3.05, 3.63) is 71.8 Å². The molecule has 1 N–H and O–H groups in total. The molecule has 0 saturated carbocycles. The molecule has 2 aromatic carbocycles. The summed E-state index contributed by atoms with van der Waals surface area (Å²) in [7, 11) is 0. The van der Waals surface area contributed by atoms with Crippen LogP contribution in [0.4, 0.5) is 0 Å². The quantitative estimate of drug-likeness (QED) is 0.498. The van der Waals surface area contributed by atoms with Gasteiger partial charge in [0.05, 0.1) is 11.1 Å². The highest BCUT2D eigenvalue weighted by Gasteiger charge is 2.53. The molecule has 2 amide bonds. The van der Waals surface area contributed by atoms with E-state index in [1.165, 1.54) is 24.3 Å². The highest BCUT2D eigenvalue weighted by molar-refractivity contribution is 6.09. The van der Waals surface area contributed by atoms with E-state index in [-0.39, 0.29) is 16.2 Å². The second-order valence-electron chi connectivity index (χ2n) is 5.37. The number of imide groups is 1. The van der Waals surface area contributed by atoms with E-state index in [9.17, 15) is 24.4 Å². The Morgan fingerprint density at radius 1 is 0.731 bits per heavy atom. The van der Waals surface area contributed by atoms with Gasteiger partial charge < -0.3 is 9.47 Å². The number of hydrogen-bond donors (Lipinski definition) is 1. The summed E-state index contributed by atoms with van der Waals surface area (Å²) >= 11 is 0. The van der Waals surface area contributed by atoms with Crippen LogP contribution in [0.5, 0.6) is 0 Å². The molecule has 1 aliphatic heterocycles. The molecule has 0 bridgehead atoms. The van der Waals surface area contributed by atoms with Crippen LogP contribution in [-0.2, 0) is 19.1 Å². The number of carbonyl (C=O) groups excluding carboxylic acids is 4. The summed E-state index contributed by atoms with van der Waals surface area (Å²) in [4.78, 5) is 48.3. The van der Waals surface area contributed by atoms with Crippen molar-refractivity contribution >= 4 is 23.8 Å². The van der Waals surface area contributed by atoms with E-state index < -0.39 is 36.0 Å². The summed E-state index contributed by atoms with van der Waals surface area (Å²) < 4.78 is 10.0. The fraction of sp³-hybridized carbons (Fsp3) is 0.111. The smallest absolute Gasteiger partial charge is 0.339 e. The molecule has 3 rings (SSSR count). The van der Waals surface area contributed by atoms with Crippen molar-refractivity contribution in [1.29, 1.82) is 0 Å². The minimum Gasteiger partial charge on any atom is -0.444 e. The summed E-state index contributed by atoms with van der Waals surface area (Å²) in [6, 6.07) is 15.5. The van der Waals surface area contributed by atoms with Gasteiger partial charge in [0.15, 0.2) is 0 Å². The van der Waals surface area contributed by atoms with Crippen molar-refractivity contribution in [2.45, 2.75) is 12.2 Å². The van der Waals surface area contributed by atoms with Crippen LogP contribution in [-0.4, -0.2) is 46.2 Å². The SMILES string of the molecule is O=C(O[C@@H]1C(=O)N(O)C(=O)[C@H]1OC(=O)c1ccccc1)c1ccccc1. The number of hydroxylamine groups is 2. The fourth-order valence-corrected chi connectivity index (χ4v) is 2.35. The topological polar surface area (TPSA) is 110 Å². The molecule has 8 nitrogen and oxygen atoms in total. The van der Waals surface area contributed by atoms with Crippen molar-refractivity contribution in [1.82, 2.24) is 5.06 Å². The molecule has 1 saturated heterocycles. The van der Waals surface area contributed by atoms with Crippen LogP contribution >= 0.6 is 0 Å². The summed E-state index contributed by atoms with van der Waals surface area (Å²) in [5, 5.41) is 9.31. The summed E-state index contributed by atoms with van der Waals surface area (Å²) in [6.45, 7) is 0. The highest BCUT2D eigenvalue weighted by Crippen LogP contribution is 2.21. The maximum Gasteiger partial charge on any atom is 0.339 e. The van der Waals surface area contributed by atoms with E-state index >= 15 is 0 Å². The van der Waals surface area contributed by atoms with E-state index in [4.69, 9.17) is 9.47 Å². The molecule has 1 fully saturated rings. The van der Waals surface area contributed by atoms with Crippen LogP contribution < -0.4 is 0 Å². The molecule has 0 aliphatic carbocycles. The Morgan fingerprint density at radius 3 is 1.42 bits per heavy atom. The molecule has 132 valence electrons. The van der Waals surface area contributed by atoms with Gasteiger partial charge in [0.2, 0.25) is 12.2 Å². The van der Waals surface area contributed by atoms with E-state index in [1.54, 1.807) is 36.4 Å². The standard InChI is InChI=1S/C18H13NO7/c20-15-13(25-17(22)11-7-3-1-4-8-11)14(16(21)19(15)24)26-18(23)12-9-5-2-6-10-12/h1-10,13-14,24H/t13-,14-/m0/s1. The van der Waals surface area contributed by atoms with Crippen LogP contribution in [0.25, 0.3) is 0 Å². The Bertz CT molecular complexity index is 779. The number of carbonyl (C=O) groups is 4. The molecule has 1 aliphatic rings. The van der Waals surface area contributed by atoms with Gasteiger partial charge in [-0.3, -0.25) is 14.8 Å². The predicted octanol–water partition coefficient (Wildman–Crippen LogP) is 1.20. The zero-order chi connectivity index (χ0) is 18.7. The van der Waals surface area contributed by atoms with Crippen LogP contribution in [0.1, 0.15) is 20.7 Å². The summed E-state index contributed by atoms with van der Waals surface area (Å²) in [5.74, 6) is -4.17. The Morgan fingerprint density at radius 2 is 1.08 bits per heavy atom. The van der Waals surface area contributed by atoms with E-state index in [0.717, 1.165) is 0 Å². The van der Waals surface area contributed by atoms with Crippen molar-refractivity contribution in [2.75, 3.05) is 0 Å². The largest absolute Gasteiger partial charge is 0.444 e. The van der Waals surface area contributed by atoms with Gasteiger partial charge in [0.25, 0.3) is 11.8 Å². The van der Waals surface area contributed by atoms with Crippen molar-refractivity contribution in [3.63, 3.8) is 0 Å². The molecule has 0 radical (unpaired) electrons. The number of esters is 2. The van der Waals surface area contributed by atoms with E-state index in [1.807, 2.05) is 0 Å². The Balaban J connectivity index is 1.80. The molecule has 8 heteroatoms. The first-order chi connectivity index (χ1) is 12.5. The zero-order valence-electron chi connectivity index (χ0n) is 13.3. The van der Waals surface area contributed by atoms with Crippen LogP contribution in [0, 0.1) is 0 Å².